The summed E-state index contributed by atoms with van der Waals surface area (Å²) in [6, 6.07) is 5.52. The molecule has 0 aliphatic heterocycles. The van der Waals surface area contributed by atoms with Gasteiger partial charge in [0.05, 0.1) is 26.0 Å². The predicted octanol–water partition coefficient (Wildman–Crippen LogP) is 3.09. The van der Waals surface area contributed by atoms with Gasteiger partial charge in [0.2, 0.25) is 0 Å². The van der Waals surface area contributed by atoms with E-state index in [1.54, 1.807) is 25.6 Å². The summed E-state index contributed by atoms with van der Waals surface area (Å²) in [5.41, 5.74) is 8.62. The molecule has 2 N–H and O–H groups in total. The van der Waals surface area contributed by atoms with Crippen molar-refractivity contribution in [1.29, 1.82) is 0 Å². The number of nitrogens with two attached hydrogens (primary N) is 1. The Bertz CT molecular complexity index is 593. The number of hydrogen-bond donors (Lipinski definition) is 1. The molecule has 112 valence electrons. The summed E-state index contributed by atoms with van der Waals surface area (Å²) >= 11 is 1.75. The van der Waals surface area contributed by atoms with Gasteiger partial charge in [0.1, 0.15) is 16.5 Å². The van der Waals surface area contributed by atoms with Crippen LogP contribution in [0.5, 0.6) is 11.5 Å². The Hall–Kier alpha value is -1.59. The van der Waals surface area contributed by atoms with Crippen LogP contribution in [-0.2, 0) is 12.8 Å². The quantitative estimate of drug-likeness (QED) is 0.943. The number of benzene rings is 1. The van der Waals surface area contributed by atoms with Gasteiger partial charge in [-0.3, -0.25) is 0 Å². The molecule has 0 radical (unpaired) electrons. The topological polar surface area (TPSA) is 57.4 Å². The van der Waals surface area contributed by atoms with E-state index in [0.29, 0.717) is 0 Å². The fourth-order valence-electron chi connectivity index (χ4n) is 2.66. The maximum absolute atomic E-state index is 6.41. The summed E-state index contributed by atoms with van der Waals surface area (Å²) < 4.78 is 10.6. The first-order chi connectivity index (χ1) is 10.2. The number of ether oxygens (including phenoxy) is 2. The Morgan fingerprint density at radius 3 is 2.38 bits per heavy atom. The first-order valence-electron chi connectivity index (χ1n) is 7.18. The smallest absolute Gasteiger partial charge is 0.122 e. The van der Waals surface area contributed by atoms with Crippen molar-refractivity contribution in [2.45, 2.75) is 31.7 Å². The van der Waals surface area contributed by atoms with Gasteiger partial charge in [0, 0.05) is 10.9 Å². The number of thiazole rings is 1. The molecular formula is C16H20N2O2S. The van der Waals surface area contributed by atoms with Crippen LogP contribution < -0.4 is 15.2 Å². The molecule has 0 amide bonds. The highest BCUT2D eigenvalue weighted by molar-refractivity contribution is 7.11. The van der Waals surface area contributed by atoms with Crippen LogP contribution in [0.4, 0.5) is 0 Å². The van der Waals surface area contributed by atoms with Crippen molar-refractivity contribution < 1.29 is 9.47 Å². The van der Waals surface area contributed by atoms with Crippen LogP contribution in [0.15, 0.2) is 18.2 Å². The lowest BCUT2D eigenvalue weighted by atomic mass is 10.0. The summed E-state index contributed by atoms with van der Waals surface area (Å²) in [5.74, 6) is 1.50. The molecule has 4 nitrogen and oxygen atoms in total. The Kier molecular flexibility index (Phi) is 4.12. The van der Waals surface area contributed by atoms with E-state index in [1.807, 2.05) is 18.2 Å². The Balaban J connectivity index is 1.93. The lowest BCUT2D eigenvalue weighted by Gasteiger charge is -2.12. The third-order valence-electron chi connectivity index (χ3n) is 3.86. The first-order valence-corrected chi connectivity index (χ1v) is 8.00. The number of methoxy groups -OCH3 is 2. The molecule has 2 aromatic rings. The van der Waals surface area contributed by atoms with Crippen LogP contribution in [-0.4, -0.2) is 19.2 Å². The minimum Gasteiger partial charge on any atom is -0.497 e. The normalized spacial score (nSPS) is 15.4. The highest BCUT2D eigenvalue weighted by Crippen LogP contribution is 2.33. The SMILES string of the molecule is COc1cc(OC)cc(C(N)c2nc3c(s2)CCCC3)c1. The molecule has 5 heteroatoms. The van der Waals surface area contributed by atoms with Crippen LogP contribution in [0, 0.1) is 0 Å². The molecule has 21 heavy (non-hydrogen) atoms. The van der Waals surface area contributed by atoms with E-state index < -0.39 is 0 Å². The third kappa shape index (κ3) is 2.89. The molecular weight excluding hydrogens is 284 g/mol. The number of aromatic nitrogens is 1. The van der Waals surface area contributed by atoms with Crippen LogP contribution >= 0.6 is 11.3 Å². The lowest BCUT2D eigenvalue weighted by molar-refractivity contribution is 0.393. The standard InChI is InChI=1S/C16H20N2O2S/c1-19-11-7-10(8-12(9-11)20-2)15(17)16-18-13-5-3-4-6-14(13)21-16/h7-9,15H,3-6,17H2,1-2H3. The second-order valence-corrected chi connectivity index (χ2v) is 6.37. The minimum absolute atomic E-state index is 0.232. The van der Waals surface area contributed by atoms with Crippen LogP contribution in [0.2, 0.25) is 0 Å². The maximum atomic E-state index is 6.41. The summed E-state index contributed by atoms with van der Waals surface area (Å²) in [5, 5.41) is 0.984. The fourth-order valence-corrected chi connectivity index (χ4v) is 3.84. The van der Waals surface area contributed by atoms with Gasteiger partial charge in [-0.2, -0.15) is 0 Å². The summed E-state index contributed by atoms with van der Waals surface area (Å²) in [6.07, 6.45) is 4.72. The molecule has 0 saturated heterocycles. The van der Waals surface area contributed by atoms with Gasteiger partial charge in [-0.15, -0.1) is 11.3 Å². The summed E-state index contributed by atoms with van der Waals surface area (Å²) in [7, 11) is 3.29. The van der Waals surface area contributed by atoms with E-state index in [2.05, 4.69) is 0 Å². The zero-order valence-electron chi connectivity index (χ0n) is 12.4. The van der Waals surface area contributed by atoms with Crippen molar-refractivity contribution in [1.82, 2.24) is 4.98 Å². The summed E-state index contributed by atoms with van der Waals surface area (Å²) in [6.45, 7) is 0. The number of rotatable bonds is 4. The molecule has 0 fully saturated rings. The van der Waals surface area contributed by atoms with Gasteiger partial charge in [0.25, 0.3) is 0 Å². The maximum Gasteiger partial charge on any atom is 0.122 e. The van der Waals surface area contributed by atoms with Crippen molar-refractivity contribution in [3.8, 4) is 11.5 Å². The van der Waals surface area contributed by atoms with Crippen molar-refractivity contribution >= 4 is 11.3 Å². The van der Waals surface area contributed by atoms with E-state index in [4.69, 9.17) is 20.2 Å². The summed E-state index contributed by atoms with van der Waals surface area (Å²) in [4.78, 5) is 6.15. The molecule has 1 aliphatic carbocycles. The first kappa shape index (κ1) is 14.4. The molecule has 3 rings (SSSR count). The van der Waals surface area contributed by atoms with Gasteiger partial charge in [-0.05, 0) is 43.4 Å². The van der Waals surface area contributed by atoms with E-state index >= 15 is 0 Å². The van der Waals surface area contributed by atoms with E-state index in [0.717, 1.165) is 34.9 Å². The number of aryl methyl sites for hydroxylation is 2. The third-order valence-corrected chi connectivity index (χ3v) is 5.10. The number of fused-ring (bicyclic) bond motifs is 1. The highest BCUT2D eigenvalue weighted by atomic mass is 32.1. The second kappa shape index (κ2) is 6.03. The van der Waals surface area contributed by atoms with Crippen molar-refractivity contribution in [2.75, 3.05) is 14.2 Å². The molecule has 1 aliphatic rings. The minimum atomic E-state index is -0.232. The number of hydrogen-bond acceptors (Lipinski definition) is 5. The zero-order valence-corrected chi connectivity index (χ0v) is 13.2. The molecule has 1 heterocycles. The van der Waals surface area contributed by atoms with E-state index in [1.165, 1.54) is 23.4 Å². The molecule has 0 saturated carbocycles. The molecule has 1 unspecified atom stereocenters. The lowest BCUT2D eigenvalue weighted by Crippen LogP contribution is -2.12. The zero-order chi connectivity index (χ0) is 14.8. The Labute approximate surface area is 128 Å². The largest absolute Gasteiger partial charge is 0.497 e. The second-order valence-electron chi connectivity index (χ2n) is 5.25. The molecule has 0 bridgehead atoms. The van der Waals surface area contributed by atoms with Gasteiger partial charge < -0.3 is 15.2 Å². The van der Waals surface area contributed by atoms with Gasteiger partial charge >= 0.3 is 0 Å². The van der Waals surface area contributed by atoms with Crippen molar-refractivity contribution in [3.05, 3.63) is 39.3 Å². The number of nitrogens with zero attached hydrogens (tertiary/aromatic N) is 1. The van der Waals surface area contributed by atoms with Crippen LogP contribution in [0.3, 0.4) is 0 Å². The molecule has 1 atom stereocenters. The predicted molar refractivity (Wildman–Crippen MR) is 84.3 cm³/mol. The molecule has 1 aromatic carbocycles. The van der Waals surface area contributed by atoms with Gasteiger partial charge in [-0.25, -0.2) is 4.98 Å². The van der Waals surface area contributed by atoms with E-state index in [-0.39, 0.29) is 6.04 Å². The molecule has 1 aromatic heterocycles. The average molecular weight is 304 g/mol. The highest BCUT2D eigenvalue weighted by Gasteiger charge is 2.20. The van der Waals surface area contributed by atoms with Crippen molar-refractivity contribution in [2.24, 2.45) is 5.73 Å². The Morgan fingerprint density at radius 2 is 1.76 bits per heavy atom. The van der Waals surface area contributed by atoms with Gasteiger partial charge in [0.15, 0.2) is 0 Å². The van der Waals surface area contributed by atoms with Crippen LogP contribution in [0.1, 0.15) is 40.0 Å². The van der Waals surface area contributed by atoms with Gasteiger partial charge in [-0.1, -0.05) is 0 Å². The Morgan fingerprint density at radius 1 is 1.10 bits per heavy atom. The van der Waals surface area contributed by atoms with E-state index in [9.17, 15) is 0 Å². The molecule has 0 spiro atoms. The average Bonchev–Trinajstić information content (AvgIpc) is 2.97. The fraction of sp³-hybridized carbons (Fsp3) is 0.438. The van der Waals surface area contributed by atoms with Crippen molar-refractivity contribution in [3.63, 3.8) is 0 Å². The monoisotopic (exact) mass is 304 g/mol. The van der Waals surface area contributed by atoms with Crippen LogP contribution in [0.25, 0.3) is 0 Å².